The Bertz CT molecular complexity index is 625. The average Bonchev–Trinajstić information content (AvgIpc) is 2.67. The minimum atomic E-state index is -0.594. The van der Waals surface area contributed by atoms with Gasteiger partial charge in [0.15, 0.2) is 11.5 Å². The van der Waals surface area contributed by atoms with Crippen LogP contribution in [-0.2, 0) is 11.2 Å². The highest BCUT2D eigenvalue weighted by Crippen LogP contribution is 2.28. The highest BCUT2D eigenvalue weighted by molar-refractivity contribution is 5.78. The van der Waals surface area contributed by atoms with Gasteiger partial charge in [0, 0.05) is 26.6 Å². The van der Waals surface area contributed by atoms with E-state index in [4.69, 9.17) is 9.47 Å². The van der Waals surface area contributed by atoms with Crippen LogP contribution in [0.4, 0.5) is 0 Å². The lowest BCUT2D eigenvalue weighted by Crippen LogP contribution is -2.43. The molecule has 1 aliphatic rings. The molecule has 0 radical (unpaired) electrons. The second-order valence-corrected chi connectivity index (χ2v) is 7.25. The van der Waals surface area contributed by atoms with E-state index in [9.17, 15) is 9.90 Å². The molecule has 1 fully saturated rings. The maximum Gasteiger partial charge on any atom is 0.225 e. The molecule has 1 N–H and O–H groups in total. The summed E-state index contributed by atoms with van der Waals surface area (Å²) in [6.45, 7) is 6.12. The molecule has 27 heavy (non-hydrogen) atoms. The van der Waals surface area contributed by atoms with Gasteiger partial charge in [0.05, 0.1) is 7.11 Å². The first-order valence-electron chi connectivity index (χ1n) is 9.46. The van der Waals surface area contributed by atoms with E-state index in [0.29, 0.717) is 18.0 Å². The fourth-order valence-electron chi connectivity index (χ4n) is 3.39. The molecule has 0 aliphatic carbocycles. The lowest BCUT2D eigenvalue weighted by Gasteiger charge is -2.33. The Kier molecular flexibility index (Phi) is 8.13. The van der Waals surface area contributed by atoms with Gasteiger partial charge in [0.2, 0.25) is 5.91 Å². The number of methoxy groups -OCH3 is 1. The molecule has 2 rings (SSSR count). The van der Waals surface area contributed by atoms with Crippen LogP contribution in [-0.4, -0.2) is 74.4 Å². The van der Waals surface area contributed by atoms with Crippen LogP contribution in [0, 0.1) is 5.92 Å². The first-order chi connectivity index (χ1) is 12.9. The number of β-amino-alcohol motifs (C(OH)–C–C–N with tert-alkyl or cyclic N) is 1. The number of ether oxygens (including phenoxy) is 2. The summed E-state index contributed by atoms with van der Waals surface area (Å²) < 4.78 is 11.1. The first-order valence-corrected chi connectivity index (χ1v) is 9.46. The molecule has 0 saturated carbocycles. The van der Waals surface area contributed by atoms with Crippen LogP contribution in [0.1, 0.15) is 18.4 Å². The first kappa shape index (κ1) is 21.3. The van der Waals surface area contributed by atoms with Gasteiger partial charge in [0.25, 0.3) is 0 Å². The summed E-state index contributed by atoms with van der Waals surface area (Å²) >= 11 is 0. The zero-order chi connectivity index (χ0) is 19.8. The highest BCUT2D eigenvalue weighted by atomic mass is 16.5. The SMILES string of the molecule is C=CCc1ccc(OC[C@H](O)CN2CCC(C(=O)N(C)C)CC2)c(OC)c1. The Labute approximate surface area is 162 Å². The van der Waals surface area contributed by atoms with Gasteiger partial charge in [0.1, 0.15) is 12.7 Å². The maximum atomic E-state index is 12.0. The predicted octanol–water partition coefficient (Wildman–Crippen LogP) is 1.96. The molecular formula is C21H32N2O4. The Balaban J connectivity index is 1.79. The second-order valence-electron chi connectivity index (χ2n) is 7.25. The van der Waals surface area contributed by atoms with E-state index in [1.165, 1.54) is 0 Å². The van der Waals surface area contributed by atoms with Gasteiger partial charge in [-0.05, 0) is 50.0 Å². The normalized spacial score (nSPS) is 16.6. The molecule has 1 aromatic rings. The van der Waals surface area contributed by atoms with Crippen LogP contribution in [0.5, 0.6) is 11.5 Å². The Morgan fingerprint density at radius 3 is 2.67 bits per heavy atom. The molecular weight excluding hydrogens is 344 g/mol. The van der Waals surface area contributed by atoms with Crippen molar-refractivity contribution in [3.05, 3.63) is 36.4 Å². The Morgan fingerprint density at radius 2 is 2.07 bits per heavy atom. The van der Waals surface area contributed by atoms with Crippen molar-refractivity contribution in [2.24, 2.45) is 5.92 Å². The summed E-state index contributed by atoms with van der Waals surface area (Å²) in [5.74, 6) is 1.58. The van der Waals surface area contributed by atoms with Crippen LogP contribution in [0.25, 0.3) is 0 Å². The van der Waals surface area contributed by atoms with Crippen molar-refractivity contribution < 1.29 is 19.4 Å². The molecule has 0 aromatic heterocycles. The van der Waals surface area contributed by atoms with Crippen molar-refractivity contribution in [1.29, 1.82) is 0 Å². The number of allylic oxidation sites excluding steroid dienone is 1. The lowest BCUT2D eigenvalue weighted by atomic mass is 9.95. The molecule has 6 nitrogen and oxygen atoms in total. The molecule has 1 atom stereocenters. The smallest absolute Gasteiger partial charge is 0.225 e. The third-order valence-corrected chi connectivity index (χ3v) is 4.89. The van der Waals surface area contributed by atoms with Crippen LogP contribution in [0.15, 0.2) is 30.9 Å². The third-order valence-electron chi connectivity index (χ3n) is 4.89. The van der Waals surface area contributed by atoms with Crippen LogP contribution in [0.3, 0.4) is 0 Å². The molecule has 1 heterocycles. The maximum absolute atomic E-state index is 12.0. The quantitative estimate of drug-likeness (QED) is 0.668. The van der Waals surface area contributed by atoms with Crippen molar-refractivity contribution in [2.75, 3.05) is 47.4 Å². The molecule has 0 spiro atoms. The molecule has 6 heteroatoms. The summed E-state index contributed by atoms with van der Waals surface area (Å²) in [6.07, 6.45) is 3.69. The molecule has 1 saturated heterocycles. The standard InChI is InChI=1S/C21H32N2O4/c1-5-6-16-7-8-19(20(13-16)26-4)27-15-18(24)14-23-11-9-17(10-12-23)21(25)22(2)3/h5,7-8,13,17-18,24H,1,6,9-12,14-15H2,2-4H3/t18-/m1/s1. The van der Waals surface area contributed by atoms with Gasteiger partial charge in [-0.2, -0.15) is 0 Å². The highest BCUT2D eigenvalue weighted by Gasteiger charge is 2.27. The minimum Gasteiger partial charge on any atom is -0.493 e. The van der Waals surface area contributed by atoms with Gasteiger partial charge in [-0.25, -0.2) is 0 Å². The predicted molar refractivity (Wildman–Crippen MR) is 106 cm³/mol. The summed E-state index contributed by atoms with van der Waals surface area (Å²) in [5, 5.41) is 10.3. The number of piperidine rings is 1. The number of likely N-dealkylation sites (tertiary alicyclic amines) is 1. The van der Waals surface area contributed by atoms with Gasteiger partial charge in [-0.1, -0.05) is 12.1 Å². The minimum absolute atomic E-state index is 0.1000. The Morgan fingerprint density at radius 1 is 1.37 bits per heavy atom. The fraction of sp³-hybridized carbons (Fsp3) is 0.571. The number of amides is 1. The second kappa shape index (κ2) is 10.3. The topological polar surface area (TPSA) is 62.2 Å². The van der Waals surface area contributed by atoms with E-state index in [-0.39, 0.29) is 18.4 Å². The van der Waals surface area contributed by atoms with Gasteiger partial charge < -0.3 is 24.4 Å². The molecule has 0 bridgehead atoms. The number of benzene rings is 1. The molecule has 0 unspecified atom stereocenters. The number of carbonyl (C=O) groups is 1. The summed E-state index contributed by atoms with van der Waals surface area (Å²) in [5.41, 5.74) is 1.10. The third kappa shape index (κ3) is 6.26. The van der Waals surface area contributed by atoms with Gasteiger partial charge >= 0.3 is 0 Å². The van der Waals surface area contributed by atoms with Gasteiger partial charge in [-0.3, -0.25) is 4.79 Å². The van der Waals surface area contributed by atoms with Crippen molar-refractivity contribution in [2.45, 2.75) is 25.4 Å². The number of aliphatic hydroxyl groups is 1. The fourth-order valence-corrected chi connectivity index (χ4v) is 3.39. The molecule has 150 valence electrons. The summed E-state index contributed by atoms with van der Waals surface area (Å²) in [4.78, 5) is 15.9. The summed E-state index contributed by atoms with van der Waals surface area (Å²) in [7, 11) is 5.21. The van der Waals surface area contributed by atoms with E-state index in [1.807, 2.05) is 24.3 Å². The van der Waals surface area contributed by atoms with Crippen LogP contribution in [0.2, 0.25) is 0 Å². The number of rotatable bonds is 9. The number of hydrogen-bond acceptors (Lipinski definition) is 5. The largest absolute Gasteiger partial charge is 0.493 e. The van der Waals surface area contributed by atoms with E-state index >= 15 is 0 Å². The van der Waals surface area contributed by atoms with Crippen molar-refractivity contribution in [3.8, 4) is 11.5 Å². The van der Waals surface area contributed by atoms with E-state index in [1.54, 1.807) is 26.1 Å². The van der Waals surface area contributed by atoms with Crippen LogP contribution < -0.4 is 9.47 Å². The number of nitrogens with zero attached hydrogens (tertiary/aromatic N) is 2. The number of hydrogen-bond donors (Lipinski definition) is 1. The average molecular weight is 376 g/mol. The number of carbonyl (C=O) groups excluding carboxylic acids is 1. The number of aliphatic hydroxyl groups excluding tert-OH is 1. The zero-order valence-corrected chi connectivity index (χ0v) is 16.7. The van der Waals surface area contributed by atoms with Crippen molar-refractivity contribution in [1.82, 2.24) is 9.80 Å². The van der Waals surface area contributed by atoms with E-state index < -0.39 is 6.10 Å². The molecule has 1 amide bonds. The molecule has 1 aliphatic heterocycles. The van der Waals surface area contributed by atoms with Crippen molar-refractivity contribution in [3.63, 3.8) is 0 Å². The van der Waals surface area contributed by atoms with E-state index in [2.05, 4.69) is 11.5 Å². The van der Waals surface area contributed by atoms with Crippen molar-refractivity contribution >= 4 is 5.91 Å². The van der Waals surface area contributed by atoms with Crippen LogP contribution >= 0.6 is 0 Å². The monoisotopic (exact) mass is 376 g/mol. The Hall–Kier alpha value is -2.05. The van der Waals surface area contributed by atoms with Gasteiger partial charge in [-0.15, -0.1) is 6.58 Å². The molecule has 1 aromatic carbocycles. The lowest BCUT2D eigenvalue weighted by molar-refractivity contribution is -0.134. The summed E-state index contributed by atoms with van der Waals surface area (Å²) in [6, 6.07) is 5.76. The zero-order valence-electron chi connectivity index (χ0n) is 16.7. The van der Waals surface area contributed by atoms with E-state index in [0.717, 1.165) is 37.9 Å².